The first kappa shape index (κ1) is 12.6. The van der Waals surface area contributed by atoms with Gasteiger partial charge in [0.25, 0.3) is 0 Å². The Morgan fingerprint density at radius 3 is 2.88 bits per heavy atom. The zero-order valence-electron chi connectivity index (χ0n) is 11.2. The second-order valence-electron chi connectivity index (χ2n) is 5.50. The maximum absolute atomic E-state index is 3.53. The number of hydrogen-bond donors (Lipinski definition) is 1. The fourth-order valence-corrected chi connectivity index (χ4v) is 2.83. The smallest absolute Gasteiger partial charge is 0.00148 e. The van der Waals surface area contributed by atoms with E-state index in [9.17, 15) is 0 Å². The normalized spacial score (nSPS) is 24.8. The summed E-state index contributed by atoms with van der Waals surface area (Å²) in [7, 11) is 0. The van der Waals surface area contributed by atoms with Crippen molar-refractivity contribution < 1.29 is 0 Å². The van der Waals surface area contributed by atoms with Gasteiger partial charge in [0, 0.05) is 0 Å². The lowest BCUT2D eigenvalue weighted by Crippen LogP contribution is -2.36. The van der Waals surface area contributed by atoms with Gasteiger partial charge in [-0.2, -0.15) is 0 Å². The summed E-state index contributed by atoms with van der Waals surface area (Å²) in [5.74, 6) is 1.69. The molecule has 94 valence electrons. The lowest BCUT2D eigenvalue weighted by Gasteiger charge is -2.29. The molecule has 2 rings (SSSR count). The molecule has 1 heteroatoms. The minimum absolute atomic E-state index is 0.820. The average Bonchev–Trinajstić information content (AvgIpc) is 2.33. The molecule has 1 aliphatic rings. The van der Waals surface area contributed by atoms with Crippen molar-refractivity contribution in [3.8, 4) is 0 Å². The molecule has 0 radical (unpaired) electrons. The van der Waals surface area contributed by atoms with Gasteiger partial charge in [0.15, 0.2) is 0 Å². The highest BCUT2D eigenvalue weighted by Crippen LogP contribution is 2.23. The summed E-state index contributed by atoms with van der Waals surface area (Å²) in [6.45, 7) is 7.05. The van der Waals surface area contributed by atoms with E-state index in [-0.39, 0.29) is 0 Å². The number of nitrogens with one attached hydrogen (secondary N) is 1. The molecule has 1 aromatic carbocycles. The zero-order valence-corrected chi connectivity index (χ0v) is 11.2. The summed E-state index contributed by atoms with van der Waals surface area (Å²) in [6, 6.07) is 9.18. The van der Waals surface area contributed by atoms with Crippen molar-refractivity contribution in [2.45, 2.75) is 39.5 Å². The molecule has 0 saturated carbocycles. The van der Waals surface area contributed by atoms with Crippen molar-refractivity contribution in [2.24, 2.45) is 11.8 Å². The molecule has 1 N–H and O–H groups in total. The number of piperidine rings is 1. The lowest BCUT2D eigenvalue weighted by atomic mass is 9.83. The number of hydrogen-bond acceptors (Lipinski definition) is 1. The van der Waals surface area contributed by atoms with Gasteiger partial charge in [-0.25, -0.2) is 0 Å². The number of aryl methyl sites for hydroxylation is 1. The average molecular weight is 231 g/mol. The van der Waals surface area contributed by atoms with Crippen molar-refractivity contribution >= 4 is 0 Å². The highest BCUT2D eigenvalue weighted by Gasteiger charge is 2.20. The number of benzene rings is 1. The second-order valence-corrected chi connectivity index (χ2v) is 5.50. The van der Waals surface area contributed by atoms with Crippen molar-refractivity contribution in [2.75, 3.05) is 13.1 Å². The Morgan fingerprint density at radius 1 is 1.29 bits per heavy atom. The largest absolute Gasteiger partial charge is 0.316 e. The molecule has 1 saturated heterocycles. The third kappa shape index (κ3) is 3.57. The van der Waals surface area contributed by atoms with E-state index in [0.717, 1.165) is 11.8 Å². The third-order valence-corrected chi connectivity index (χ3v) is 4.02. The van der Waals surface area contributed by atoms with E-state index in [4.69, 9.17) is 0 Å². The van der Waals surface area contributed by atoms with Crippen molar-refractivity contribution in [1.82, 2.24) is 5.32 Å². The minimum Gasteiger partial charge on any atom is -0.316 e. The molecular weight excluding hydrogens is 206 g/mol. The van der Waals surface area contributed by atoms with Crippen LogP contribution in [0.5, 0.6) is 0 Å². The van der Waals surface area contributed by atoms with E-state index in [2.05, 4.69) is 43.4 Å². The summed E-state index contributed by atoms with van der Waals surface area (Å²) in [4.78, 5) is 0. The molecule has 1 nitrogen and oxygen atoms in total. The highest BCUT2D eigenvalue weighted by atomic mass is 14.9. The molecule has 0 aromatic heterocycles. The molecule has 1 aromatic rings. The highest BCUT2D eigenvalue weighted by molar-refractivity contribution is 5.24. The van der Waals surface area contributed by atoms with Gasteiger partial charge in [0.2, 0.25) is 0 Å². The van der Waals surface area contributed by atoms with E-state index >= 15 is 0 Å². The first-order valence-corrected chi connectivity index (χ1v) is 7.08. The predicted octanol–water partition coefficient (Wildman–Crippen LogP) is 3.43. The molecule has 0 aliphatic carbocycles. The van der Waals surface area contributed by atoms with Gasteiger partial charge in [-0.05, 0) is 55.3 Å². The molecule has 0 amide bonds. The van der Waals surface area contributed by atoms with Gasteiger partial charge in [0.05, 0.1) is 0 Å². The SMILES string of the molecule is CCCc1cccc(CC2CNCCC2C)c1. The Bertz CT molecular complexity index is 345. The topological polar surface area (TPSA) is 12.0 Å². The fourth-order valence-electron chi connectivity index (χ4n) is 2.83. The van der Waals surface area contributed by atoms with E-state index < -0.39 is 0 Å². The molecule has 1 fully saturated rings. The van der Waals surface area contributed by atoms with Gasteiger partial charge < -0.3 is 5.32 Å². The summed E-state index contributed by atoms with van der Waals surface area (Å²) < 4.78 is 0. The zero-order chi connectivity index (χ0) is 12.1. The Morgan fingerprint density at radius 2 is 2.12 bits per heavy atom. The molecule has 1 aliphatic heterocycles. The van der Waals surface area contributed by atoms with E-state index in [1.54, 1.807) is 0 Å². The van der Waals surface area contributed by atoms with Crippen LogP contribution < -0.4 is 5.32 Å². The van der Waals surface area contributed by atoms with Crippen LogP contribution in [0, 0.1) is 11.8 Å². The van der Waals surface area contributed by atoms with Crippen LogP contribution in [0.3, 0.4) is 0 Å². The van der Waals surface area contributed by atoms with Crippen LogP contribution in [0.4, 0.5) is 0 Å². The second kappa shape index (κ2) is 6.20. The van der Waals surface area contributed by atoms with Gasteiger partial charge in [-0.1, -0.05) is 44.5 Å². The molecule has 17 heavy (non-hydrogen) atoms. The third-order valence-electron chi connectivity index (χ3n) is 4.02. The maximum atomic E-state index is 3.53. The van der Waals surface area contributed by atoms with Gasteiger partial charge in [0.1, 0.15) is 0 Å². The van der Waals surface area contributed by atoms with Crippen LogP contribution in [0.15, 0.2) is 24.3 Å². The Hall–Kier alpha value is -0.820. The van der Waals surface area contributed by atoms with Crippen molar-refractivity contribution in [3.63, 3.8) is 0 Å². The van der Waals surface area contributed by atoms with E-state index in [0.29, 0.717) is 0 Å². The molecule has 0 bridgehead atoms. The van der Waals surface area contributed by atoms with Crippen LogP contribution in [-0.4, -0.2) is 13.1 Å². The Balaban J connectivity index is 1.99. The standard InChI is InChI=1S/C16H25N/c1-3-5-14-6-4-7-15(10-14)11-16-12-17-9-8-13(16)2/h4,6-7,10,13,16-17H,3,5,8-9,11-12H2,1-2H3. The van der Waals surface area contributed by atoms with Crippen LogP contribution in [0.25, 0.3) is 0 Å². The summed E-state index contributed by atoms with van der Waals surface area (Å²) in [5.41, 5.74) is 3.03. The summed E-state index contributed by atoms with van der Waals surface area (Å²) in [6.07, 6.45) is 5.03. The summed E-state index contributed by atoms with van der Waals surface area (Å²) >= 11 is 0. The fraction of sp³-hybridized carbons (Fsp3) is 0.625. The first-order chi connectivity index (χ1) is 8.29. The van der Waals surface area contributed by atoms with Crippen LogP contribution >= 0.6 is 0 Å². The lowest BCUT2D eigenvalue weighted by molar-refractivity contribution is 0.272. The maximum Gasteiger partial charge on any atom is -0.00148 e. The van der Waals surface area contributed by atoms with Gasteiger partial charge >= 0.3 is 0 Å². The van der Waals surface area contributed by atoms with E-state index in [1.807, 2.05) is 0 Å². The van der Waals surface area contributed by atoms with Gasteiger partial charge in [-0.3, -0.25) is 0 Å². The molecule has 1 heterocycles. The Kier molecular flexibility index (Phi) is 4.61. The van der Waals surface area contributed by atoms with Crippen molar-refractivity contribution in [1.29, 1.82) is 0 Å². The quantitative estimate of drug-likeness (QED) is 0.837. The monoisotopic (exact) mass is 231 g/mol. The molecular formula is C16H25N. The minimum atomic E-state index is 0.820. The molecule has 2 unspecified atom stereocenters. The predicted molar refractivity (Wildman–Crippen MR) is 74.3 cm³/mol. The number of rotatable bonds is 4. The first-order valence-electron chi connectivity index (χ1n) is 7.08. The van der Waals surface area contributed by atoms with Crippen LogP contribution in [-0.2, 0) is 12.8 Å². The van der Waals surface area contributed by atoms with Crippen LogP contribution in [0.1, 0.15) is 37.8 Å². The molecule has 2 atom stereocenters. The van der Waals surface area contributed by atoms with Crippen LogP contribution in [0.2, 0.25) is 0 Å². The van der Waals surface area contributed by atoms with Crippen molar-refractivity contribution in [3.05, 3.63) is 35.4 Å². The Labute approximate surface area is 106 Å². The van der Waals surface area contributed by atoms with Gasteiger partial charge in [-0.15, -0.1) is 0 Å². The van der Waals surface area contributed by atoms with E-state index in [1.165, 1.54) is 49.9 Å². The summed E-state index contributed by atoms with van der Waals surface area (Å²) in [5, 5.41) is 3.53. The molecule has 0 spiro atoms.